The van der Waals surface area contributed by atoms with Gasteiger partial charge in [-0.25, -0.2) is 10.5 Å². The summed E-state index contributed by atoms with van der Waals surface area (Å²) in [6.45, 7) is 1.13. The van der Waals surface area contributed by atoms with E-state index in [9.17, 15) is 13.2 Å². The number of alkyl halides is 3. The lowest BCUT2D eigenvalue weighted by molar-refractivity contribution is -0.137. The molecule has 118 valence electrons. The molecule has 0 bridgehead atoms. The Bertz CT molecular complexity index is 695. The van der Waals surface area contributed by atoms with Crippen molar-refractivity contribution in [3.05, 3.63) is 47.8 Å². The Morgan fingerprint density at radius 2 is 1.95 bits per heavy atom. The molecule has 0 saturated carbocycles. The summed E-state index contributed by atoms with van der Waals surface area (Å²) in [5.74, 6) is 6.32. The Labute approximate surface area is 130 Å². The zero-order valence-corrected chi connectivity index (χ0v) is 12.1. The number of rotatable bonds is 2. The van der Waals surface area contributed by atoms with E-state index < -0.39 is 11.7 Å². The van der Waals surface area contributed by atoms with Crippen LogP contribution in [-0.4, -0.2) is 33.7 Å². The quantitative estimate of drug-likeness (QED) is 0.859. The van der Waals surface area contributed by atoms with Gasteiger partial charge >= 0.3 is 6.18 Å². The molecular weight excluding hydrogens is 319 g/mol. The van der Waals surface area contributed by atoms with Crippen LogP contribution in [-0.2, 0) is 6.18 Å². The summed E-state index contributed by atoms with van der Waals surface area (Å²) >= 11 is 0. The molecule has 1 aliphatic heterocycles. The van der Waals surface area contributed by atoms with E-state index in [1.165, 1.54) is 22.0 Å². The van der Waals surface area contributed by atoms with Crippen LogP contribution in [0.4, 0.5) is 13.2 Å². The van der Waals surface area contributed by atoms with Gasteiger partial charge < -0.3 is 0 Å². The number of hydrogen-bond acceptors (Lipinski definition) is 4. The van der Waals surface area contributed by atoms with Crippen molar-refractivity contribution in [1.29, 1.82) is 0 Å². The SMILES string of the molecule is Cl.NN1CCN=C1c1ccnn1-c1cccc(C(F)(F)F)c1. The van der Waals surface area contributed by atoms with Gasteiger partial charge in [0, 0.05) is 0 Å². The van der Waals surface area contributed by atoms with Gasteiger partial charge in [-0.2, -0.15) is 18.3 Å². The van der Waals surface area contributed by atoms with Gasteiger partial charge in [-0.3, -0.25) is 10.0 Å². The molecule has 0 radical (unpaired) electrons. The van der Waals surface area contributed by atoms with E-state index in [0.717, 1.165) is 12.1 Å². The average molecular weight is 332 g/mol. The molecule has 5 nitrogen and oxygen atoms in total. The van der Waals surface area contributed by atoms with E-state index in [1.54, 1.807) is 12.1 Å². The van der Waals surface area contributed by atoms with E-state index in [0.29, 0.717) is 30.3 Å². The van der Waals surface area contributed by atoms with Crippen molar-refractivity contribution in [3.8, 4) is 5.69 Å². The van der Waals surface area contributed by atoms with Crippen LogP contribution in [0.25, 0.3) is 5.69 Å². The molecule has 0 fully saturated rings. The second-order valence-electron chi connectivity index (χ2n) is 4.58. The van der Waals surface area contributed by atoms with Crippen LogP contribution in [0.1, 0.15) is 11.3 Å². The summed E-state index contributed by atoms with van der Waals surface area (Å²) in [5, 5.41) is 5.53. The number of hydrogen-bond donors (Lipinski definition) is 1. The lowest BCUT2D eigenvalue weighted by atomic mass is 10.2. The Balaban J connectivity index is 0.00000176. The Hall–Kier alpha value is -2.06. The number of nitrogens with zero attached hydrogens (tertiary/aromatic N) is 4. The minimum atomic E-state index is -4.39. The Kier molecular flexibility index (Phi) is 4.43. The van der Waals surface area contributed by atoms with Gasteiger partial charge in [-0.05, 0) is 24.3 Å². The van der Waals surface area contributed by atoms with E-state index in [1.807, 2.05) is 0 Å². The number of aliphatic imine (C=N–C) groups is 1. The fourth-order valence-corrected chi connectivity index (χ4v) is 2.18. The highest BCUT2D eigenvalue weighted by Gasteiger charge is 2.31. The number of amidine groups is 1. The Morgan fingerprint density at radius 3 is 2.59 bits per heavy atom. The molecule has 1 aromatic heterocycles. The van der Waals surface area contributed by atoms with Gasteiger partial charge in [-0.15, -0.1) is 12.4 Å². The fraction of sp³-hybridized carbons (Fsp3) is 0.231. The number of aromatic nitrogens is 2. The van der Waals surface area contributed by atoms with Crippen molar-refractivity contribution in [2.24, 2.45) is 10.8 Å². The monoisotopic (exact) mass is 331 g/mol. The van der Waals surface area contributed by atoms with E-state index in [4.69, 9.17) is 5.84 Å². The van der Waals surface area contributed by atoms with Crippen molar-refractivity contribution >= 4 is 18.2 Å². The molecule has 0 amide bonds. The molecule has 0 unspecified atom stereocenters. The number of nitrogens with two attached hydrogens (primary N) is 1. The highest BCUT2D eigenvalue weighted by Crippen LogP contribution is 2.30. The van der Waals surface area contributed by atoms with Crippen LogP contribution >= 0.6 is 12.4 Å². The smallest absolute Gasteiger partial charge is 0.291 e. The Morgan fingerprint density at radius 1 is 1.18 bits per heavy atom. The number of halogens is 4. The van der Waals surface area contributed by atoms with Crippen molar-refractivity contribution in [3.63, 3.8) is 0 Å². The van der Waals surface area contributed by atoms with Crippen LogP contribution in [0.5, 0.6) is 0 Å². The van der Waals surface area contributed by atoms with Crippen LogP contribution < -0.4 is 5.84 Å². The summed E-state index contributed by atoms with van der Waals surface area (Å²) in [6.07, 6.45) is -2.89. The first-order valence-electron chi connectivity index (χ1n) is 6.25. The summed E-state index contributed by atoms with van der Waals surface area (Å²) in [6, 6.07) is 6.65. The highest BCUT2D eigenvalue weighted by molar-refractivity contribution is 5.98. The first-order chi connectivity index (χ1) is 9.97. The second kappa shape index (κ2) is 5.98. The standard InChI is InChI=1S/C13H12F3N5.ClH/c14-13(15,16)9-2-1-3-10(8-9)21-11(4-5-19-21)12-18-6-7-20(12)17;/h1-5,8H,6-7,17H2;1H. The van der Waals surface area contributed by atoms with E-state index in [2.05, 4.69) is 10.1 Å². The van der Waals surface area contributed by atoms with E-state index >= 15 is 0 Å². The zero-order chi connectivity index (χ0) is 15.0. The first-order valence-corrected chi connectivity index (χ1v) is 6.25. The second-order valence-corrected chi connectivity index (χ2v) is 4.58. The number of benzene rings is 1. The summed E-state index contributed by atoms with van der Waals surface area (Å²) in [4.78, 5) is 4.25. The van der Waals surface area contributed by atoms with Crippen molar-refractivity contribution in [2.75, 3.05) is 13.1 Å². The summed E-state index contributed by atoms with van der Waals surface area (Å²) in [5.41, 5.74) is 0.154. The van der Waals surface area contributed by atoms with Gasteiger partial charge in [0.05, 0.1) is 30.5 Å². The zero-order valence-electron chi connectivity index (χ0n) is 11.3. The highest BCUT2D eigenvalue weighted by atomic mass is 35.5. The summed E-state index contributed by atoms with van der Waals surface area (Å²) in [7, 11) is 0. The summed E-state index contributed by atoms with van der Waals surface area (Å²) < 4.78 is 39.8. The molecule has 9 heteroatoms. The maximum Gasteiger partial charge on any atom is 0.416 e. The third-order valence-electron chi connectivity index (χ3n) is 3.16. The normalized spacial score (nSPS) is 14.7. The van der Waals surface area contributed by atoms with Crippen molar-refractivity contribution < 1.29 is 13.2 Å². The topological polar surface area (TPSA) is 59.4 Å². The van der Waals surface area contributed by atoms with Gasteiger partial charge in [0.1, 0.15) is 5.69 Å². The number of hydrazine groups is 1. The molecule has 22 heavy (non-hydrogen) atoms. The maximum atomic E-state index is 12.8. The van der Waals surface area contributed by atoms with E-state index in [-0.39, 0.29) is 12.4 Å². The van der Waals surface area contributed by atoms with Gasteiger partial charge in [0.25, 0.3) is 0 Å². The molecule has 2 N–H and O–H groups in total. The molecule has 0 aliphatic carbocycles. The van der Waals surface area contributed by atoms with Gasteiger partial charge in [0.2, 0.25) is 0 Å². The first kappa shape index (κ1) is 16.3. The molecule has 0 spiro atoms. The van der Waals surface area contributed by atoms with Crippen LogP contribution in [0.3, 0.4) is 0 Å². The molecule has 1 aromatic carbocycles. The molecule has 1 aliphatic rings. The lowest BCUT2D eigenvalue weighted by Gasteiger charge is -2.15. The molecule has 2 heterocycles. The van der Waals surface area contributed by atoms with Gasteiger partial charge in [0.15, 0.2) is 5.84 Å². The molecule has 3 rings (SSSR count). The third kappa shape index (κ3) is 2.93. The van der Waals surface area contributed by atoms with Crippen LogP contribution in [0.15, 0.2) is 41.5 Å². The average Bonchev–Trinajstić information content (AvgIpc) is 3.06. The van der Waals surface area contributed by atoms with Crippen LogP contribution in [0.2, 0.25) is 0 Å². The minimum absolute atomic E-state index is 0. The van der Waals surface area contributed by atoms with Gasteiger partial charge in [-0.1, -0.05) is 6.07 Å². The largest absolute Gasteiger partial charge is 0.416 e. The maximum absolute atomic E-state index is 12.8. The molecule has 0 atom stereocenters. The third-order valence-corrected chi connectivity index (χ3v) is 3.16. The molecule has 0 saturated heterocycles. The minimum Gasteiger partial charge on any atom is -0.291 e. The molecular formula is C13H13ClF3N5. The predicted molar refractivity (Wildman–Crippen MR) is 78.1 cm³/mol. The van der Waals surface area contributed by atoms with Crippen molar-refractivity contribution in [1.82, 2.24) is 14.8 Å². The fourth-order valence-electron chi connectivity index (χ4n) is 2.18. The van der Waals surface area contributed by atoms with Crippen LogP contribution in [0, 0.1) is 0 Å². The molecule has 2 aromatic rings. The predicted octanol–water partition coefficient (Wildman–Crippen LogP) is 2.25. The van der Waals surface area contributed by atoms with Crippen molar-refractivity contribution in [2.45, 2.75) is 6.18 Å². The lowest BCUT2D eigenvalue weighted by Crippen LogP contribution is -2.36.